The van der Waals surface area contributed by atoms with Gasteiger partial charge in [-0.3, -0.25) is 0 Å². The number of hydrogen-bond donors (Lipinski definition) is 1. The topological polar surface area (TPSA) is 48.7 Å². The fourth-order valence-corrected chi connectivity index (χ4v) is 2.35. The molecule has 17 heavy (non-hydrogen) atoms. The highest BCUT2D eigenvalue weighted by Gasteiger charge is 2.27. The van der Waals surface area contributed by atoms with Gasteiger partial charge in [-0.2, -0.15) is 5.26 Å². The van der Waals surface area contributed by atoms with Crippen LogP contribution in [0.25, 0.3) is 0 Å². The molecule has 0 spiro atoms. The second-order valence-corrected chi connectivity index (χ2v) is 5.59. The van der Waals surface area contributed by atoms with E-state index in [9.17, 15) is 0 Å². The summed E-state index contributed by atoms with van der Waals surface area (Å²) in [5.74, 6) is 0.736. The molecule has 0 radical (unpaired) electrons. The number of nitriles is 1. The minimum atomic E-state index is 0.463. The van der Waals surface area contributed by atoms with Gasteiger partial charge in [0.1, 0.15) is 11.9 Å². The monoisotopic (exact) mass is 229 g/mol. The molecule has 1 saturated carbocycles. The maximum Gasteiger partial charge on any atom is 0.144 e. The van der Waals surface area contributed by atoms with Crippen LogP contribution >= 0.6 is 0 Å². The van der Waals surface area contributed by atoms with Crippen LogP contribution in [0.2, 0.25) is 0 Å². The van der Waals surface area contributed by atoms with Crippen molar-refractivity contribution < 1.29 is 0 Å². The molecule has 1 fully saturated rings. The minimum absolute atomic E-state index is 0.463. The molecule has 1 aliphatic carbocycles. The van der Waals surface area contributed by atoms with Gasteiger partial charge in [-0.25, -0.2) is 4.98 Å². The van der Waals surface area contributed by atoms with Crippen molar-refractivity contribution in [2.24, 2.45) is 5.41 Å². The van der Waals surface area contributed by atoms with Gasteiger partial charge in [0.25, 0.3) is 0 Å². The van der Waals surface area contributed by atoms with Crippen molar-refractivity contribution in [3.05, 3.63) is 23.9 Å². The standard InChI is InChI=1S/C14H19N3/c1-14(2)7-5-12(6-8-14)17-13-11(10-15)4-3-9-16-13/h3-4,9,12H,5-8H2,1-2H3,(H,16,17). The van der Waals surface area contributed by atoms with Crippen molar-refractivity contribution in [3.8, 4) is 6.07 Å². The first kappa shape index (κ1) is 11.9. The summed E-state index contributed by atoms with van der Waals surface area (Å²) in [5, 5.41) is 12.4. The number of rotatable bonds is 2. The van der Waals surface area contributed by atoms with E-state index in [4.69, 9.17) is 5.26 Å². The Labute approximate surface area is 103 Å². The molecule has 0 aliphatic heterocycles. The van der Waals surface area contributed by atoms with Crippen LogP contribution in [0, 0.1) is 16.7 Å². The quantitative estimate of drug-likeness (QED) is 0.846. The third-order valence-corrected chi connectivity index (χ3v) is 3.61. The van der Waals surface area contributed by atoms with Crippen molar-refractivity contribution >= 4 is 5.82 Å². The Hall–Kier alpha value is -1.56. The van der Waals surface area contributed by atoms with Crippen LogP contribution in [0.4, 0.5) is 5.82 Å². The number of nitrogens with one attached hydrogen (secondary N) is 1. The number of hydrogen-bond acceptors (Lipinski definition) is 3. The van der Waals surface area contributed by atoms with E-state index >= 15 is 0 Å². The first-order chi connectivity index (χ1) is 8.11. The second kappa shape index (κ2) is 4.75. The van der Waals surface area contributed by atoms with Gasteiger partial charge in [0.15, 0.2) is 0 Å². The molecule has 0 unspecified atom stereocenters. The summed E-state index contributed by atoms with van der Waals surface area (Å²) in [6, 6.07) is 6.25. The average molecular weight is 229 g/mol. The zero-order chi connectivity index (χ0) is 12.3. The maximum absolute atomic E-state index is 9.00. The fourth-order valence-electron chi connectivity index (χ4n) is 2.35. The molecule has 0 amide bonds. The Kier molecular flexibility index (Phi) is 3.33. The number of pyridine rings is 1. The van der Waals surface area contributed by atoms with Gasteiger partial charge in [0, 0.05) is 12.2 Å². The van der Waals surface area contributed by atoms with Gasteiger partial charge < -0.3 is 5.32 Å². The van der Waals surface area contributed by atoms with Crippen molar-refractivity contribution in [2.45, 2.75) is 45.6 Å². The lowest BCUT2D eigenvalue weighted by Crippen LogP contribution is -2.30. The van der Waals surface area contributed by atoms with E-state index in [1.54, 1.807) is 12.3 Å². The largest absolute Gasteiger partial charge is 0.366 e. The molecule has 2 rings (SSSR count). The predicted molar refractivity (Wildman–Crippen MR) is 68.6 cm³/mol. The van der Waals surface area contributed by atoms with Gasteiger partial charge in [0.2, 0.25) is 0 Å². The summed E-state index contributed by atoms with van der Waals surface area (Å²) >= 11 is 0. The summed E-state index contributed by atoms with van der Waals surface area (Å²) in [4.78, 5) is 4.25. The highest BCUT2D eigenvalue weighted by atomic mass is 15.0. The maximum atomic E-state index is 9.00. The third-order valence-electron chi connectivity index (χ3n) is 3.61. The molecular formula is C14H19N3. The highest BCUT2D eigenvalue weighted by molar-refractivity contribution is 5.51. The van der Waals surface area contributed by atoms with Gasteiger partial charge in [-0.05, 0) is 43.2 Å². The lowest BCUT2D eigenvalue weighted by atomic mass is 9.75. The molecular weight excluding hydrogens is 210 g/mol. The van der Waals surface area contributed by atoms with Crippen LogP contribution in [0.15, 0.2) is 18.3 Å². The zero-order valence-corrected chi connectivity index (χ0v) is 10.5. The first-order valence-electron chi connectivity index (χ1n) is 6.22. The molecule has 0 atom stereocenters. The molecule has 1 aromatic heterocycles. The number of anilines is 1. The van der Waals surface area contributed by atoms with E-state index in [0.717, 1.165) is 18.7 Å². The van der Waals surface area contributed by atoms with Crippen molar-refractivity contribution in [1.29, 1.82) is 5.26 Å². The lowest BCUT2D eigenvalue weighted by molar-refractivity contribution is 0.232. The van der Waals surface area contributed by atoms with Crippen LogP contribution in [0.3, 0.4) is 0 Å². The molecule has 1 aromatic rings. The molecule has 1 N–H and O–H groups in total. The molecule has 0 bridgehead atoms. The van der Waals surface area contributed by atoms with Crippen LogP contribution in [0.5, 0.6) is 0 Å². The van der Waals surface area contributed by atoms with E-state index in [2.05, 4.69) is 30.2 Å². The second-order valence-electron chi connectivity index (χ2n) is 5.59. The van der Waals surface area contributed by atoms with E-state index in [1.165, 1.54) is 12.8 Å². The van der Waals surface area contributed by atoms with Gasteiger partial charge >= 0.3 is 0 Å². The molecule has 1 heterocycles. The average Bonchev–Trinajstić information content (AvgIpc) is 2.32. The van der Waals surface area contributed by atoms with Crippen LogP contribution in [-0.4, -0.2) is 11.0 Å². The Bertz CT molecular complexity index is 421. The van der Waals surface area contributed by atoms with Gasteiger partial charge in [0.05, 0.1) is 5.56 Å². The van der Waals surface area contributed by atoms with E-state index in [0.29, 0.717) is 17.0 Å². The smallest absolute Gasteiger partial charge is 0.144 e. The SMILES string of the molecule is CC1(C)CCC(Nc2ncccc2C#N)CC1. The summed E-state index contributed by atoms with van der Waals surface area (Å²) in [7, 11) is 0. The van der Waals surface area contributed by atoms with Crippen LogP contribution in [-0.2, 0) is 0 Å². The zero-order valence-electron chi connectivity index (χ0n) is 10.5. The van der Waals surface area contributed by atoms with E-state index in [-0.39, 0.29) is 0 Å². The Morgan fingerprint density at radius 1 is 1.41 bits per heavy atom. The summed E-state index contributed by atoms with van der Waals surface area (Å²) < 4.78 is 0. The third kappa shape index (κ3) is 2.97. The molecule has 0 saturated heterocycles. The van der Waals surface area contributed by atoms with E-state index in [1.807, 2.05) is 6.07 Å². The summed E-state index contributed by atoms with van der Waals surface area (Å²) in [5.41, 5.74) is 1.11. The van der Waals surface area contributed by atoms with Crippen LogP contribution in [0.1, 0.15) is 45.1 Å². The molecule has 3 nitrogen and oxygen atoms in total. The van der Waals surface area contributed by atoms with Gasteiger partial charge in [-0.1, -0.05) is 13.8 Å². The Balaban J connectivity index is 2.01. The molecule has 0 aromatic carbocycles. The predicted octanol–water partition coefficient (Wildman–Crippen LogP) is 3.33. The molecule has 3 heteroatoms. The molecule has 1 aliphatic rings. The van der Waals surface area contributed by atoms with Crippen molar-refractivity contribution in [3.63, 3.8) is 0 Å². The van der Waals surface area contributed by atoms with Crippen LogP contribution < -0.4 is 5.32 Å². The van der Waals surface area contributed by atoms with E-state index < -0.39 is 0 Å². The highest BCUT2D eigenvalue weighted by Crippen LogP contribution is 2.36. The van der Waals surface area contributed by atoms with Crippen molar-refractivity contribution in [1.82, 2.24) is 4.98 Å². The van der Waals surface area contributed by atoms with Crippen molar-refractivity contribution in [2.75, 3.05) is 5.32 Å². The minimum Gasteiger partial charge on any atom is -0.366 e. The number of nitrogens with zero attached hydrogens (tertiary/aromatic N) is 2. The summed E-state index contributed by atoms with van der Waals surface area (Å²) in [6.45, 7) is 4.65. The first-order valence-corrected chi connectivity index (χ1v) is 6.22. The lowest BCUT2D eigenvalue weighted by Gasteiger charge is -2.34. The fraction of sp³-hybridized carbons (Fsp3) is 0.571. The van der Waals surface area contributed by atoms with Gasteiger partial charge in [-0.15, -0.1) is 0 Å². The Morgan fingerprint density at radius 3 is 2.76 bits per heavy atom. The number of aromatic nitrogens is 1. The summed E-state index contributed by atoms with van der Waals surface area (Å²) in [6.07, 6.45) is 6.53. The molecule has 90 valence electrons. The normalized spacial score (nSPS) is 19.6. The Morgan fingerprint density at radius 2 is 2.12 bits per heavy atom.